The molecule has 0 amide bonds. The summed E-state index contributed by atoms with van der Waals surface area (Å²) in [5, 5.41) is 10.2. The van der Waals surface area contributed by atoms with Crippen molar-refractivity contribution in [3.8, 4) is 0 Å². The maximum absolute atomic E-state index is 10.2. The molecule has 0 aromatic rings. The first-order valence-electron chi connectivity index (χ1n) is 8.86. The lowest BCUT2D eigenvalue weighted by Crippen LogP contribution is -2.42. The summed E-state index contributed by atoms with van der Waals surface area (Å²) < 4.78 is 6.04. The van der Waals surface area contributed by atoms with E-state index in [2.05, 4.69) is 32.6 Å². The molecule has 2 aliphatic rings. The molecule has 3 nitrogen and oxygen atoms in total. The van der Waals surface area contributed by atoms with Crippen LogP contribution in [-0.4, -0.2) is 48.5 Å². The Bertz CT molecular complexity index is 318. The van der Waals surface area contributed by atoms with Gasteiger partial charge in [0, 0.05) is 13.1 Å². The van der Waals surface area contributed by atoms with Crippen LogP contribution >= 0.6 is 0 Å². The summed E-state index contributed by atoms with van der Waals surface area (Å²) in [6.07, 6.45) is 6.17. The first kappa shape index (κ1) is 17.2. The molecule has 1 heterocycles. The van der Waals surface area contributed by atoms with E-state index in [0.29, 0.717) is 18.1 Å². The highest BCUT2D eigenvalue weighted by molar-refractivity contribution is 4.83. The van der Waals surface area contributed by atoms with Crippen molar-refractivity contribution in [2.75, 3.05) is 26.2 Å². The van der Waals surface area contributed by atoms with Crippen LogP contribution in [0.25, 0.3) is 0 Å². The number of nitrogens with zero attached hydrogens (tertiary/aromatic N) is 1. The second-order valence-corrected chi connectivity index (χ2v) is 8.53. The van der Waals surface area contributed by atoms with E-state index in [9.17, 15) is 5.11 Å². The second kappa shape index (κ2) is 7.43. The number of aliphatic hydroxyl groups is 1. The van der Waals surface area contributed by atoms with Crippen molar-refractivity contribution in [1.82, 2.24) is 4.90 Å². The molecule has 2 rings (SSSR count). The predicted octanol–water partition coefficient (Wildman–Crippen LogP) is 3.31. The average molecular weight is 297 g/mol. The van der Waals surface area contributed by atoms with Crippen molar-refractivity contribution >= 4 is 0 Å². The molecule has 1 aliphatic carbocycles. The van der Waals surface area contributed by atoms with Crippen LogP contribution in [0.2, 0.25) is 0 Å². The quantitative estimate of drug-likeness (QED) is 0.845. The summed E-state index contributed by atoms with van der Waals surface area (Å²) in [4.78, 5) is 2.40. The van der Waals surface area contributed by atoms with Crippen molar-refractivity contribution in [2.45, 2.75) is 72.0 Å². The Morgan fingerprint density at radius 3 is 2.67 bits per heavy atom. The zero-order valence-corrected chi connectivity index (χ0v) is 14.5. The molecule has 21 heavy (non-hydrogen) atoms. The fraction of sp³-hybridized carbons (Fsp3) is 1.00. The van der Waals surface area contributed by atoms with E-state index in [4.69, 9.17) is 4.74 Å². The fourth-order valence-corrected chi connectivity index (χ4v) is 4.44. The van der Waals surface area contributed by atoms with Crippen molar-refractivity contribution in [1.29, 1.82) is 0 Å². The van der Waals surface area contributed by atoms with Gasteiger partial charge in [0.2, 0.25) is 0 Å². The van der Waals surface area contributed by atoms with Crippen LogP contribution in [0.4, 0.5) is 0 Å². The van der Waals surface area contributed by atoms with Crippen molar-refractivity contribution in [3.63, 3.8) is 0 Å². The summed E-state index contributed by atoms with van der Waals surface area (Å²) in [5.74, 6) is 1.51. The largest absolute Gasteiger partial charge is 0.389 e. The number of hydrogen-bond donors (Lipinski definition) is 1. The van der Waals surface area contributed by atoms with Gasteiger partial charge in [-0.3, -0.25) is 0 Å². The van der Waals surface area contributed by atoms with Crippen LogP contribution in [0.3, 0.4) is 0 Å². The van der Waals surface area contributed by atoms with E-state index >= 15 is 0 Å². The number of β-amino-alcohol motifs (C(OH)–C–C–N with tert-alkyl or cyclic N) is 1. The fourth-order valence-electron chi connectivity index (χ4n) is 4.44. The standard InChI is InChI=1S/C18H35NO2/c1-14-6-5-7-19(11-14)12-16(20)13-21-17-8-15(2)9-18(3,4)10-17/h14-17,20H,5-13H2,1-4H3/t14-,15-,16+,17+/m1/s1. The molecule has 0 radical (unpaired) electrons. The molecule has 3 heteroatoms. The number of ether oxygens (including phenoxy) is 1. The van der Waals surface area contributed by atoms with Crippen LogP contribution in [0.15, 0.2) is 0 Å². The summed E-state index contributed by atoms with van der Waals surface area (Å²) in [6, 6.07) is 0. The van der Waals surface area contributed by atoms with Gasteiger partial charge in [-0.05, 0) is 55.9 Å². The molecule has 124 valence electrons. The van der Waals surface area contributed by atoms with Gasteiger partial charge in [0.25, 0.3) is 0 Å². The summed E-state index contributed by atoms with van der Waals surface area (Å²) in [5.41, 5.74) is 0.385. The van der Waals surface area contributed by atoms with Crippen molar-refractivity contribution in [2.24, 2.45) is 17.3 Å². The number of piperidine rings is 1. The zero-order chi connectivity index (χ0) is 15.5. The van der Waals surface area contributed by atoms with Crippen LogP contribution in [-0.2, 0) is 4.74 Å². The van der Waals surface area contributed by atoms with E-state index < -0.39 is 0 Å². The first-order valence-corrected chi connectivity index (χ1v) is 8.86. The number of aliphatic hydroxyl groups excluding tert-OH is 1. The van der Waals surface area contributed by atoms with Gasteiger partial charge >= 0.3 is 0 Å². The molecule has 0 bridgehead atoms. The maximum atomic E-state index is 10.2. The highest BCUT2D eigenvalue weighted by Gasteiger charge is 2.32. The lowest BCUT2D eigenvalue weighted by molar-refractivity contribution is -0.0630. The molecule has 1 aliphatic heterocycles. The van der Waals surface area contributed by atoms with Crippen molar-refractivity contribution in [3.05, 3.63) is 0 Å². The van der Waals surface area contributed by atoms with Gasteiger partial charge in [-0.25, -0.2) is 0 Å². The Morgan fingerprint density at radius 2 is 2.00 bits per heavy atom. The highest BCUT2D eigenvalue weighted by Crippen LogP contribution is 2.39. The Morgan fingerprint density at radius 1 is 1.24 bits per heavy atom. The summed E-state index contributed by atoms with van der Waals surface area (Å²) in [6.45, 7) is 12.8. The second-order valence-electron chi connectivity index (χ2n) is 8.53. The van der Waals surface area contributed by atoms with Gasteiger partial charge in [0.1, 0.15) is 0 Å². The van der Waals surface area contributed by atoms with Gasteiger partial charge in [-0.15, -0.1) is 0 Å². The third-order valence-electron chi connectivity index (χ3n) is 5.08. The van der Waals surface area contributed by atoms with E-state index in [1.165, 1.54) is 19.3 Å². The SMILES string of the molecule is C[C@@H]1CCCN(C[C@H](O)CO[C@H]2C[C@@H](C)CC(C)(C)C2)C1. The number of rotatable bonds is 5. The lowest BCUT2D eigenvalue weighted by atomic mass is 9.71. The smallest absolute Gasteiger partial charge is 0.0900 e. The lowest BCUT2D eigenvalue weighted by Gasteiger charge is -2.39. The molecule has 1 N–H and O–H groups in total. The molecule has 1 saturated heterocycles. The van der Waals surface area contributed by atoms with E-state index in [1.54, 1.807) is 0 Å². The minimum atomic E-state index is -0.337. The van der Waals surface area contributed by atoms with Crippen molar-refractivity contribution < 1.29 is 9.84 Å². The van der Waals surface area contributed by atoms with Gasteiger partial charge in [-0.1, -0.05) is 27.7 Å². The minimum Gasteiger partial charge on any atom is -0.389 e. The van der Waals surface area contributed by atoms with Gasteiger partial charge in [0.05, 0.1) is 18.8 Å². The predicted molar refractivity (Wildman–Crippen MR) is 87.4 cm³/mol. The van der Waals surface area contributed by atoms with Crippen LogP contribution in [0.1, 0.15) is 59.8 Å². The summed E-state index contributed by atoms with van der Waals surface area (Å²) >= 11 is 0. The Kier molecular flexibility index (Phi) is 6.10. The first-order chi connectivity index (χ1) is 9.84. The Balaban J connectivity index is 1.69. The number of hydrogen-bond acceptors (Lipinski definition) is 3. The third kappa shape index (κ3) is 5.88. The average Bonchev–Trinajstić information content (AvgIpc) is 2.34. The molecule has 4 atom stereocenters. The summed E-state index contributed by atoms with van der Waals surface area (Å²) in [7, 11) is 0. The van der Waals surface area contributed by atoms with E-state index in [1.807, 2.05) is 0 Å². The number of likely N-dealkylation sites (tertiary alicyclic amines) is 1. The van der Waals surface area contributed by atoms with E-state index in [0.717, 1.165) is 44.3 Å². The van der Waals surface area contributed by atoms with Crippen LogP contribution < -0.4 is 0 Å². The molecule has 0 aromatic carbocycles. The molecular formula is C18H35NO2. The Labute approximate surface area is 131 Å². The van der Waals surface area contributed by atoms with E-state index in [-0.39, 0.29) is 6.10 Å². The third-order valence-corrected chi connectivity index (χ3v) is 5.08. The minimum absolute atomic E-state index is 0.332. The molecule has 0 unspecified atom stereocenters. The Hall–Kier alpha value is -0.120. The maximum Gasteiger partial charge on any atom is 0.0900 e. The normalized spacial score (nSPS) is 35.6. The monoisotopic (exact) mass is 297 g/mol. The zero-order valence-electron chi connectivity index (χ0n) is 14.5. The highest BCUT2D eigenvalue weighted by atomic mass is 16.5. The van der Waals surface area contributed by atoms with Crippen LogP contribution in [0.5, 0.6) is 0 Å². The topological polar surface area (TPSA) is 32.7 Å². The molecule has 0 aromatic heterocycles. The van der Waals surface area contributed by atoms with Gasteiger partial charge < -0.3 is 14.7 Å². The van der Waals surface area contributed by atoms with Crippen LogP contribution in [0, 0.1) is 17.3 Å². The molecule has 2 fully saturated rings. The van der Waals surface area contributed by atoms with Gasteiger partial charge in [-0.2, -0.15) is 0 Å². The molecule has 1 saturated carbocycles. The molecule has 0 spiro atoms. The van der Waals surface area contributed by atoms with Gasteiger partial charge in [0.15, 0.2) is 0 Å². The molecular weight excluding hydrogens is 262 g/mol.